The molecule has 0 saturated carbocycles. The molecule has 0 bridgehead atoms. The molecule has 1 aliphatic heterocycles. The Balaban J connectivity index is 1.74. The van der Waals surface area contributed by atoms with Gasteiger partial charge < -0.3 is 5.32 Å². The Bertz CT molecular complexity index is 1190. The van der Waals surface area contributed by atoms with E-state index in [1.54, 1.807) is 0 Å². The second-order valence-corrected chi connectivity index (χ2v) is 10.1. The van der Waals surface area contributed by atoms with Crippen LogP contribution in [0.2, 0.25) is 0 Å². The Kier molecular flexibility index (Phi) is 4.47. The van der Waals surface area contributed by atoms with E-state index in [9.17, 15) is 4.79 Å². The Hall–Kier alpha value is -2.66. The van der Waals surface area contributed by atoms with Crippen LogP contribution in [0.15, 0.2) is 64.3 Å². The highest BCUT2D eigenvalue weighted by Crippen LogP contribution is 2.51. The first-order valence-electron chi connectivity index (χ1n) is 10.3. The maximum atomic E-state index is 13.4. The smallest absolute Gasteiger partial charge is 0.162 e. The molecule has 2 aliphatic rings. The number of allylic oxidation sites excluding steroid dienone is 2. The van der Waals surface area contributed by atoms with Gasteiger partial charge in [0.15, 0.2) is 11.6 Å². The van der Waals surface area contributed by atoms with Gasteiger partial charge in [-0.1, -0.05) is 71.7 Å². The number of anilines is 1. The largest absolute Gasteiger partial charge is 0.342 e. The Morgan fingerprint density at radius 2 is 1.87 bits per heavy atom. The highest BCUT2D eigenvalue weighted by molar-refractivity contribution is 9.10. The highest BCUT2D eigenvalue weighted by Gasteiger charge is 2.42. The van der Waals surface area contributed by atoms with Crippen molar-refractivity contribution in [2.45, 2.75) is 39.5 Å². The van der Waals surface area contributed by atoms with E-state index in [0.29, 0.717) is 6.42 Å². The van der Waals surface area contributed by atoms with Crippen molar-refractivity contribution in [1.82, 2.24) is 10.2 Å². The Morgan fingerprint density at radius 3 is 2.60 bits per heavy atom. The van der Waals surface area contributed by atoms with Crippen LogP contribution in [0.5, 0.6) is 0 Å². The third-order valence-corrected chi connectivity index (χ3v) is 6.59. The van der Waals surface area contributed by atoms with E-state index >= 15 is 0 Å². The number of ketones is 1. The van der Waals surface area contributed by atoms with Crippen LogP contribution in [0.25, 0.3) is 11.3 Å². The fraction of sp³-hybridized carbons (Fsp3) is 0.280. The number of aromatic nitrogens is 2. The van der Waals surface area contributed by atoms with E-state index < -0.39 is 0 Å². The number of carbonyl (C=O) groups excluding carboxylic acids is 1. The summed E-state index contributed by atoms with van der Waals surface area (Å²) in [5, 5.41) is 11.4. The average Bonchev–Trinajstić information content (AvgIpc) is 3.09. The molecule has 1 aliphatic carbocycles. The lowest BCUT2D eigenvalue weighted by Crippen LogP contribution is -2.33. The minimum absolute atomic E-state index is 0.0572. The second-order valence-electron chi connectivity index (χ2n) is 9.17. The molecule has 2 heterocycles. The number of benzene rings is 2. The SMILES string of the molecule is Cc1ccc(-c2[nH]nc3c2C(c2cccc(Br)c2)C2=C(CC(C)(C)CC2=O)N3)cc1. The summed E-state index contributed by atoms with van der Waals surface area (Å²) in [4.78, 5) is 13.4. The fourth-order valence-corrected chi connectivity index (χ4v) is 5.17. The van der Waals surface area contributed by atoms with Crippen LogP contribution in [-0.2, 0) is 4.79 Å². The number of fused-ring (bicyclic) bond motifs is 1. The summed E-state index contributed by atoms with van der Waals surface area (Å²) in [6, 6.07) is 16.7. The summed E-state index contributed by atoms with van der Waals surface area (Å²) in [6.45, 7) is 6.39. The minimum Gasteiger partial charge on any atom is -0.342 e. The lowest BCUT2D eigenvalue weighted by atomic mass is 9.69. The van der Waals surface area contributed by atoms with Crippen LogP contribution in [-0.4, -0.2) is 16.0 Å². The molecule has 0 radical (unpaired) electrons. The maximum Gasteiger partial charge on any atom is 0.162 e. The van der Waals surface area contributed by atoms with Gasteiger partial charge in [-0.25, -0.2) is 0 Å². The monoisotopic (exact) mass is 461 g/mol. The minimum atomic E-state index is -0.146. The quantitative estimate of drug-likeness (QED) is 0.467. The maximum absolute atomic E-state index is 13.4. The van der Waals surface area contributed by atoms with Gasteiger partial charge in [-0.3, -0.25) is 9.89 Å². The molecule has 4 nitrogen and oxygen atoms in total. The first-order valence-corrected chi connectivity index (χ1v) is 11.1. The topological polar surface area (TPSA) is 57.8 Å². The zero-order chi connectivity index (χ0) is 21.0. The van der Waals surface area contributed by atoms with Gasteiger partial charge in [-0.05, 0) is 42.0 Å². The van der Waals surface area contributed by atoms with Crippen LogP contribution in [0.3, 0.4) is 0 Å². The summed E-state index contributed by atoms with van der Waals surface area (Å²) in [6.07, 6.45) is 1.40. The normalized spacial score (nSPS) is 19.9. The summed E-state index contributed by atoms with van der Waals surface area (Å²) >= 11 is 3.61. The third-order valence-electron chi connectivity index (χ3n) is 6.09. The molecule has 5 rings (SSSR count). The number of H-pyrrole nitrogens is 1. The Morgan fingerprint density at radius 1 is 1.10 bits per heavy atom. The molecule has 152 valence electrons. The molecular weight excluding hydrogens is 438 g/mol. The summed E-state index contributed by atoms with van der Waals surface area (Å²) < 4.78 is 1.01. The first kappa shape index (κ1) is 19.3. The molecule has 0 spiro atoms. The zero-order valence-corrected chi connectivity index (χ0v) is 18.9. The van der Waals surface area contributed by atoms with Gasteiger partial charge >= 0.3 is 0 Å². The number of carbonyl (C=O) groups is 1. The van der Waals surface area contributed by atoms with Crippen molar-refractivity contribution >= 4 is 27.5 Å². The lowest BCUT2D eigenvalue weighted by molar-refractivity contribution is -0.118. The number of halogens is 1. The first-order chi connectivity index (χ1) is 14.3. The van der Waals surface area contributed by atoms with Crippen molar-refractivity contribution in [3.63, 3.8) is 0 Å². The van der Waals surface area contributed by atoms with E-state index in [2.05, 4.69) is 88.6 Å². The number of nitrogens with zero attached hydrogens (tertiary/aromatic N) is 1. The van der Waals surface area contributed by atoms with Gasteiger partial charge in [-0.15, -0.1) is 0 Å². The van der Waals surface area contributed by atoms with Crippen molar-refractivity contribution in [3.05, 3.63) is 81.0 Å². The van der Waals surface area contributed by atoms with Crippen molar-refractivity contribution in [3.8, 4) is 11.3 Å². The van der Waals surface area contributed by atoms with E-state index in [0.717, 1.165) is 50.4 Å². The van der Waals surface area contributed by atoms with Gasteiger partial charge in [0.05, 0.1) is 5.69 Å². The number of aromatic amines is 1. The fourth-order valence-electron chi connectivity index (χ4n) is 4.76. The van der Waals surface area contributed by atoms with Crippen LogP contribution in [0.4, 0.5) is 5.82 Å². The number of hydrogen-bond acceptors (Lipinski definition) is 3. The predicted octanol–water partition coefficient (Wildman–Crippen LogP) is 6.35. The van der Waals surface area contributed by atoms with E-state index in [1.807, 2.05) is 12.1 Å². The highest BCUT2D eigenvalue weighted by atomic mass is 79.9. The average molecular weight is 462 g/mol. The standard InChI is InChI=1S/C25H24BrN3O/c1-14-7-9-15(10-8-14)23-22-20(16-5-4-6-17(26)11-16)21-18(27-24(22)29-28-23)12-25(2,3)13-19(21)30/h4-11,20H,12-13H2,1-3H3,(H2,27,28,29). The van der Waals surface area contributed by atoms with Gasteiger partial charge in [0.2, 0.25) is 0 Å². The zero-order valence-electron chi connectivity index (χ0n) is 17.3. The molecule has 0 saturated heterocycles. The van der Waals surface area contributed by atoms with E-state index in [-0.39, 0.29) is 17.1 Å². The van der Waals surface area contributed by atoms with Crippen molar-refractivity contribution in [2.75, 3.05) is 5.32 Å². The molecule has 5 heteroatoms. The Labute approximate surface area is 184 Å². The molecule has 30 heavy (non-hydrogen) atoms. The lowest BCUT2D eigenvalue weighted by Gasteiger charge is -2.38. The van der Waals surface area contributed by atoms with Gasteiger partial charge in [0.1, 0.15) is 0 Å². The molecule has 0 amide bonds. The summed E-state index contributed by atoms with van der Waals surface area (Å²) in [5.41, 5.74) is 7.23. The molecule has 1 atom stereocenters. The van der Waals surface area contributed by atoms with Crippen LogP contribution in [0.1, 0.15) is 49.3 Å². The summed E-state index contributed by atoms with van der Waals surface area (Å²) in [5.74, 6) is 0.896. The molecular formula is C25H24BrN3O. The number of hydrogen-bond donors (Lipinski definition) is 2. The second kappa shape index (κ2) is 6.95. The van der Waals surface area contributed by atoms with E-state index in [1.165, 1.54) is 5.56 Å². The van der Waals surface area contributed by atoms with Crippen molar-refractivity contribution in [2.24, 2.45) is 5.41 Å². The molecule has 3 aromatic rings. The summed E-state index contributed by atoms with van der Waals surface area (Å²) in [7, 11) is 0. The molecule has 0 fully saturated rings. The number of rotatable bonds is 2. The number of nitrogens with one attached hydrogen (secondary N) is 2. The van der Waals surface area contributed by atoms with Gasteiger partial charge in [0.25, 0.3) is 0 Å². The van der Waals surface area contributed by atoms with Gasteiger partial charge in [0, 0.05) is 33.6 Å². The molecule has 1 unspecified atom stereocenters. The van der Waals surface area contributed by atoms with Crippen LogP contribution >= 0.6 is 15.9 Å². The third kappa shape index (κ3) is 3.21. The van der Waals surface area contributed by atoms with Crippen LogP contribution in [0, 0.1) is 12.3 Å². The molecule has 2 aromatic carbocycles. The number of aryl methyl sites for hydroxylation is 1. The van der Waals surface area contributed by atoms with Crippen LogP contribution < -0.4 is 5.32 Å². The predicted molar refractivity (Wildman–Crippen MR) is 123 cm³/mol. The molecule has 1 aromatic heterocycles. The van der Waals surface area contributed by atoms with E-state index in [4.69, 9.17) is 0 Å². The van der Waals surface area contributed by atoms with Crippen molar-refractivity contribution in [1.29, 1.82) is 0 Å². The van der Waals surface area contributed by atoms with Gasteiger partial charge in [-0.2, -0.15) is 5.10 Å². The molecule has 2 N–H and O–H groups in total. The van der Waals surface area contributed by atoms with Crippen molar-refractivity contribution < 1.29 is 4.79 Å². The number of Topliss-reactive ketones (excluding diaryl/α,β-unsaturated/α-hetero) is 1.